The molecule has 4 heteroatoms. The average molecular weight is 221 g/mol. The molecule has 1 aromatic carbocycles. The molecular weight excluding hydrogens is 212 g/mol. The first-order valence-corrected chi connectivity index (χ1v) is 4.85. The summed E-state index contributed by atoms with van der Waals surface area (Å²) in [6.07, 6.45) is 1.55. The molecule has 1 aromatic heterocycles. The van der Waals surface area contributed by atoms with Gasteiger partial charge in [0.2, 0.25) is 11.2 Å². The van der Waals surface area contributed by atoms with Gasteiger partial charge in [-0.1, -0.05) is 17.7 Å². The number of hydrogen-bond donors (Lipinski definition) is 0. The number of aryl methyl sites for hydroxylation is 1. The summed E-state index contributed by atoms with van der Waals surface area (Å²) < 4.78 is 5.48. The van der Waals surface area contributed by atoms with E-state index < -0.39 is 0 Å². The molecule has 0 N–H and O–H groups in total. The van der Waals surface area contributed by atoms with Gasteiger partial charge in [-0.25, -0.2) is 4.98 Å². The minimum Gasteiger partial charge on any atom is -0.439 e. The van der Waals surface area contributed by atoms with Crippen LogP contribution in [0.25, 0.3) is 0 Å². The summed E-state index contributed by atoms with van der Waals surface area (Å²) in [5.74, 6) is 1.18. The number of nitrogens with zero attached hydrogens (tertiary/aromatic N) is 2. The Balaban J connectivity index is 2.18. The molecule has 0 radical (unpaired) electrons. The smallest absolute Gasteiger partial charge is 0.225 e. The molecule has 2 aromatic rings. The second-order valence-corrected chi connectivity index (χ2v) is 3.42. The molecule has 0 fully saturated rings. The van der Waals surface area contributed by atoms with Gasteiger partial charge in [0.25, 0.3) is 0 Å². The molecule has 0 aliphatic rings. The number of rotatable bonds is 2. The first-order valence-electron chi connectivity index (χ1n) is 4.47. The van der Waals surface area contributed by atoms with E-state index in [1.165, 1.54) is 5.56 Å². The zero-order chi connectivity index (χ0) is 10.7. The van der Waals surface area contributed by atoms with E-state index in [0.29, 0.717) is 5.88 Å². The molecule has 0 amide bonds. The Morgan fingerprint density at radius 2 is 1.87 bits per heavy atom. The highest BCUT2D eigenvalue weighted by molar-refractivity contribution is 6.28. The lowest BCUT2D eigenvalue weighted by molar-refractivity contribution is 0.461. The van der Waals surface area contributed by atoms with Gasteiger partial charge in [-0.05, 0) is 30.7 Å². The van der Waals surface area contributed by atoms with E-state index in [2.05, 4.69) is 9.97 Å². The van der Waals surface area contributed by atoms with E-state index in [9.17, 15) is 0 Å². The number of aromatic nitrogens is 2. The Hall–Kier alpha value is -1.61. The van der Waals surface area contributed by atoms with Gasteiger partial charge < -0.3 is 4.74 Å². The summed E-state index contributed by atoms with van der Waals surface area (Å²) in [5.41, 5.74) is 1.18. The van der Waals surface area contributed by atoms with E-state index in [4.69, 9.17) is 16.3 Å². The van der Waals surface area contributed by atoms with Crippen molar-refractivity contribution in [3.63, 3.8) is 0 Å². The van der Waals surface area contributed by atoms with Crippen molar-refractivity contribution in [2.45, 2.75) is 6.92 Å². The summed E-state index contributed by atoms with van der Waals surface area (Å²) in [7, 11) is 0. The van der Waals surface area contributed by atoms with Crippen LogP contribution >= 0.6 is 11.6 Å². The summed E-state index contributed by atoms with van der Waals surface area (Å²) in [6.45, 7) is 2.02. The van der Waals surface area contributed by atoms with Crippen LogP contribution < -0.4 is 4.74 Å². The van der Waals surface area contributed by atoms with E-state index in [-0.39, 0.29) is 5.28 Å². The molecule has 76 valence electrons. The van der Waals surface area contributed by atoms with Gasteiger partial charge in [-0.3, -0.25) is 0 Å². The molecule has 0 unspecified atom stereocenters. The Labute approximate surface area is 92.7 Å². The van der Waals surface area contributed by atoms with Crippen LogP contribution in [0.4, 0.5) is 0 Å². The van der Waals surface area contributed by atoms with E-state index in [0.717, 1.165) is 5.75 Å². The minimum absolute atomic E-state index is 0.180. The maximum atomic E-state index is 5.63. The maximum absolute atomic E-state index is 5.63. The lowest BCUT2D eigenvalue weighted by Gasteiger charge is -2.04. The van der Waals surface area contributed by atoms with Crippen molar-refractivity contribution in [2.75, 3.05) is 0 Å². The van der Waals surface area contributed by atoms with Crippen LogP contribution in [0.2, 0.25) is 5.28 Å². The molecule has 0 saturated heterocycles. The van der Waals surface area contributed by atoms with Crippen molar-refractivity contribution in [3.8, 4) is 11.6 Å². The van der Waals surface area contributed by atoms with Gasteiger partial charge >= 0.3 is 0 Å². The van der Waals surface area contributed by atoms with Gasteiger partial charge in [-0.15, -0.1) is 0 Å². The van der Waals surface area contributed by atoms with Crippen molar-refractivity contribution in [1.29, 1.82) is 0 Å². The van der Waals surface area contributed by atoms with Gasteiger partial charge in [0.1, 0.15) is 5.75 Å². The Kier molecular flexibility index (Phi) is 2.83. The van der Waals surface area contributed by atoms with Crippen LogP contribution in [0.15, 0.2) is 36.5 Å². The van der Waals surface area contributed by atoms with E-state index in [1.54, 1.807) is 12.3 Å². The largest absolute Gasteiger partial charge is 0.439 e. The third-order valence-corrected chi connectivity index (χ3v) is 2.03. The quantitative estimate of drug-likeness (QED) is 0.729. The second kappa shape index (κ2) is 4.28. The van der Waals surface area contributed by atoms with Crippen molar-refractivity contribution in [2.24, 2.45) is 0 Å². The van der Waals surface area contributed by atoms with Crippen molar-refractivity contribution < 1.29 is 4.74 Å². The highest BCUT2D eigenvalue weighted by Crippen LogP contribution is 2.19. The molecule has 0 spiro atoms. The fraction of sp³-hybridized carbons (Fsp3) is 0.0909. The highest BCUT2D eigenvalue weighted by Gasteiger charge is 1.99. The number of halogens is 1. The van der Waals surface area contributed by atoms with E-state index in [1.807, 2.05) is 31.2 Å². The van der Waals surface area contributed by atoms with Crippen LogP contribution in [0.5, 0.6) is 11.6 Å². The lowest BCUT2D eigenvalue weighted by atomic mass is 10.2. The van der Waals surface area contributed by atoms with Gasteiger partial charge in [0.05, 0.1) is 0 Å². The third-order valence-electron chi connectivity index (χ3n) is 1.84. The van der Waals surface area contributed by atoms with Gasteiger partial charge in [0, 0.05) is 12.3 Å². The molecule has 2 rings (SSSR count). The Morgan fingerprint density at radius 3 is 2.53 bits per heavy atom. The van der Waals surface area contributed by atoms with Crippen LogP contribution in [0, 0.1) is 6.92 Å². The van der Waals surface area contributed by atoms with Crippen molar-refractivity contribution in [1.82, 2.24) is 9.97 Å². The zero-order valence-corrected chi connectivity index (χ0v) is 8.90. The van der Waals surface area contributed by atoms with Crippen molar-refractivity contribution in [3.05, 3.63) is 47.4 Å². The first kappa shape index (κ1) is 9.93. The fourth-order valence-electron chi connectivity index (χ4n) is 1.10. The van der Waals surface area contributed by atoms with Gasteiger partial charge in [-0.2, -0.15) is 4.98 Å². The standard InChI is InChI=1S/C11H9ClN2O/c1-8-2-4-9(5-3-8)15-10-6-7-13-11(12)14-10/h2-7H,1H3. The van der Waals surface area contributed by atoms with Crippen LogP contribution in [0.1, 0.15) is 5.56 Å². The third kappa shape index (κ3) is 2.67. The molecular formula is C11H9ClN2O. The molecule has 15 heavy (non-hydrogen) atoms. The molecule has 3 nitrogen and oxygen atoms in total. The normalized spacial score (nSPS) is 10.0. The Morgan fingerprint density at radius 1 is 1.13 bits per heavy atom. The summed E-state index contributed by atoms with van der Waals surface area (Å²) in [6, 6.07) is 9.36. The van der Waals surface area contributed by atoms with Crippen molar-refractivity contribution >= 4 is 11.6 Å². The summed E-state index contributed by atoms with van der Waals surface area (Å²) in [4.78, 5) is 7.69. The van der Waals surface area contributed by atoms with Crippen LogP contribution in [0.3, 0.4) is 0 Å². The molecule has 0 bridgehead atoms. The van der Waals surface area contributed by atoms with Crippen LogP contribution in [-0.2, 0) is 0 Å². The first-order chi connectivity index (χ1) is 7.24. The van der Waals surface area contributed by atoms with E-state index >= 15 is 0 Å². The number of ether oxygens (including phenoxy) is 1. The number of benzene rings is 1. The summed E-state index contributed by atoms with van der Waals surface area (Å²) in [5, 5.41) is 0.180. The highest BCUT2D eigenvalue weighted by atomic mass is 35.5. The average Bonchev–Trinajstić information content (AvgIpc) is 2.22. The van der Waals surface area contributed by atoms with Gasteiger partial charge in [0.15, 0.2) is 0 Å². The molecule has 0 aliphatic carbocycles. The minimum atomic E-state index is 0.180. The molecule has 0 saturated carbocycles. The molecule has 0 atom stereocenters. The number of hydrogen-bond acceptors (Lipinski definition) is 3. The molecule has 1 heterocycles. The maximum Gasteiger partial charge on any atom is 0.225 e. The monoisotopic (exact) mass is 220 g/mol. The predicted octanol–water partition coefficient (Wildman–Crippen LogP) is 3.23. The predicted molar refractivity (Wildman–Crippen MR) is 58.3 cm³/mol. The SMILES string of the molecule is Cc1ccc(Oc2ccnc(Cl)n2)cc1. The zero-order valence-electron chi connectivity index (χ0n) is 8.14. The lowest BCUT2D eigenvalue weighted by Crippen LogP contribution is -1.89. The molecule has 0 aliphatic heterocycles. The fourth-order valence-corrected chi connectivity index (χ4v) is 1.24. The topological polar surface area (TPSA) is 35.0 Å². The Bertz CT molecular complexity index is 456. The second-order valence-electron chi connectivity index (χ2n) is 3.08. The van der Waals surface area contributed by atoms with Crippen LogP contribution in [-0.4, -0.2) is 9.97 Å². The summed E-state index contributed by atoms with van der Waals surface area (Å²) >= 11 is 5.63.